The van der Waals surface area contributed by atoms with E-state index in [1.54, 1.807) is 7.05 Å². The topological polar surface area (TPSA) is 32.6 Å². The summed E-state index contributed by atoms with van der Waals surface area (Å²) in [6.07, 6.45) is 1.98. The Bertz CT molecular complexity index is 664. The van der Waals surface area contributed by atoms with E-state index in [4.69, 9.17) is 0 Å². The molecule has 0 aliphatic carbocycles. The largest absolute Gasteiger partial charge is 0.353 e. The van der Waals surface area contributed by atoms with Crippen LogP contribution in [0.25, 0.3) is 0 Å². The first kappa shape index (κ1) is 16.0. The van der Waals surface area contributed by atoms with Crippen molar-refractivity contribution >= 4 is 5.96 Å². The molecule has 0 fully saturated rings. The van der Waals surface area contributed by atoms with Crippen LogP contribution in [-0.4, -0.2) is 29.5 Å². The van der Waals surface area contributed by atoms with Crippen LogP contribution < -0.4 is 5.32 Å². The standard InChI is InChI=1S/C16H20F2N4/c1-19-16(22(3)11-14-5-4-8-21(14)2)20-10-12-6-7-13(17)9-15(12)18/h4-9H,10-11H2,1-3H3,(H,19,20). The van der Waals surface area contributed by atoms with Gasteiger partial charge in [0.25, 0.3) is 0 Å². The Balaban J connectivity index is 1.98. The summed E-state index contributed by atoms with van der Waals surface area (Å²) in [5.41, 5.74) is 1.54. The molecule has 22 heavy (non-hydrogen) atoms. The Kier molecular flexibility index (Phi) is 5.14. The second-order valence-electron chi connectivity index (χ2n) is 5.10. The molecule has 6 heteroatoms. The number of guanidine groups is 1. The first-order valence-electron chi connectivity index (χ1n) is 6.97. The molecule has 2 rings (SSSR count). The van der Waals surface area contributed by atoms with E-state index in [-0.39, 0.29) is 6.54 Å². The third-order valence-corrected chi connectivity index (χ3v) is 3.48. The number of benzene rings is 1. The zero-order valence-electron chi connectivity index (χ0n) is 13.0. The lowest BCUT2D eigenvalue weighted by Crippen LogP contribution is -2.38. The fraction of sp³-hybridized carbons (Fsp3) is 0.312. The summed E-state index contributed by atoms with van der Waals surface area (Å²) in [6, 6.07) is 7.57. The van der Waals surface area contributed by atoms with Crippen LogP contribution in [0.2, 0.25) is 0 Å². The van der Waals surface area contributed by atoms with Gasteiger partial charge in [-0.3, -0.25) is 4.99 Å². The lowest BCUT2D eigenvalue weighted by molar-refractivity contribution is 0.460. The molecule has 0 spiro atoms. The van der Waals surface area contributed by atoms with Crippen LogP contribution in [0.4, 0.5) is 8.78 Å². The maximum atomic E-state index is 13.6. The summed E-state index contributed by atoms with van der Waals surface area (Å²) < 4.78 is 28.6. The molecular formula is C16H20F2N4. The van der Waals surface area contributed by atoms with Crippen molar-refractivity contribution in [2.45, 2.75) is 13.1 Å². The lowest BCUT2D eigenvalue weighted by atomic mass is 10.2. The molecule has 0 unspecified atom stereocenters. The summed E-state index contributed by atoms with van der Waals surface area (Å²) in [5.74, 6) is -0.496. The van der Waals surface area contributed by atoms with Crippen LogP contribution >= 0.6 is 0 Å². The molecule has 0 atom stereocenters. The lowest BCUT2D eigenvalue weighted by Gasteiger charge is -2.22. The highest BCUT2D eigenvalue weighted by molar-refractivity contribution is 5.79. The van der Waals surface area contributed by atoms with Gasteiger partial charge in [0.2, 0.25) is 0 Å². The highest BCUT2D eigenvalue weighted by Crippen LogP contribution is 2.09. The minimum atomic E-state index is -0.577. The van der Waals surface area contributed by atoms with Crippen molar-refractivity contribution in [3.05, 3.63) is 59.4 Å². The van der Waals surface area contributed by atoms with Crippen LogP contribution in [0.1, 0.15) is 11.3 Å². The molecule has 0 amide bonds. The second-order valence-corrected chi connectivity index (χ2v) is 5.10. The minimum absolute atomic E-state index is 0.246. The van der Waals surface area contributed by atoms with E-state index in [1.165, 1.54) is 12.1 Å². The fourth-order valence-electron chi connectivity index (χ4n) is 2.20. The Morgan fingerprint density at radius 1 is 1.32 bits per heavy atom. The van der Waals surface area contributed by atoms with Crippen molar-refractivity contribution in [3.63, 3.8) is 0 Å². The Labute approximate surface area is 129 Å². The van der Waals surface area contributed by atoms with E-state index in [2.05, 4.69) is 10.3 Å². The maximum Gasteiger partial charge on any atom is 0.194 e. The number of halogens is 2. The van der Waals surface area contributed by atoms with E-state index in [1.807, 2.05) is 41.9 Å². The first-order chi connectivity index (χ1) is 10.5. The van der Waals surface area contributed by atoms with Gasteiger partial charge in [0.1, 0.15) is 11.6 Å². The SMILES string of the molecule is CN=C(NCc1ccc(F)cc1F)N(C)Cc1cccn1C. The smallest absolute Gasteiger partial charge is 0.194 e. The molecule has 0 aliphatic heterocycles. The second kappa shape index (κ2) is 7.06. The maximum absolute atomic E-state index is 13.6. The van der Waals surface area contributed by atoms with Gasteiger partial charge in [-0.1, -0.05) is 6.07 Å². The van der Waals surface area contributed by atoms with Gasteiger partial charge >= 0.3 is 0 Å². The molecule has 0 aliphatic rings. The molecule has 0 saturated carbocycles. The van der Waals surface area contributed by atoms with E-state index in [9.17, 15) is 8.78 Å². The van der Waals surface area contributed by atoms with Gasteiger partial charge in [-0.25, -0.2) is 8.78 Å². The Hall–Kier alpha value is -2.37. The molecular weight excluding hydrogens is 286 g/mol. The summed E-state index contributed by atoms with van der Waals surface area (Å²) >= 11 is 0. The van der Waals surface area contributed by atoms with E-state index in [0.717, 1.165) is 11.8 Å². The number of rotatable bonds is 4. The number of hydrogen-bond acceptors (Lipinski definition) is 1. The van der Waals surface area contributed by atoms with Crippen molar-refractivity contribution < 1.29 is 8.78 Å². The number of aromatic nitrogens is 1. The number of nitrogens with one attached hydrogen (secondary N) is 1. The molecule has 1 aromatic carbocycles. The average molecular weight is 306 g/mol. The van der Waals surface area contributed by atoms with Gasteiger partial charge in [-0.05, 0) is 18.2 Å². The van der Waals surface area contributed by atoms with Crippen molar-refractivity contribution in [1.29, 1.82) is 0 Å². The summed E-state index contributed by atoms with van der Waals surface area (Å²) in [7, 11) is 5.56. The molecule has 0 bridgehead atoms. The highest BCUT2D eigenvalue weighted by atomic mass is 19.1. The third kappa shape index (κ3) is 3.84. The van der Waals surface area contributed by atoms with Crippen molar-refractivity contribution in [3.8, 4) is 0 Å². The van der Waals surface area contributed by atoms with Crippen LogP contribution in [0, 0.1) is 11.6 Å². The molecule has 118 valence electrons. The minimum Gasteiger partial charge on any atom is -0.353 e. The monoisotopic (exact) mass is 306 g/mol. The van der Waals surface area contributed by atoms with E-state index in [0.29, 0.717) is 18.1 Å². The van der Waals surface area contributed by atoms with Gasteiger partial charge in [0.05, 0.1) is 6.54 Å². The van der Waals surface area contributed by atoms with Crippen LogP contribution in [-0.2, 0) is 20.1 Å². The van der Waals surface area contributed by atoms with E-state index >= 15 is 0 Å². The zero-order valence-corrected chi connectivity index (χ0v) is 13.0. The number of aliphatic imine (C=N–C) groups is 1. The van der Waals surface area contributed by atoms with Gasteiger partial charge in [0, 0.05) is 51.2 Å². The summed E-state index contributed by atoms with van der Waals surface area (Å²) in [4.78, 5) is 6.13. The predicted octanol–water partition coefficient (Wildman–Crippen LogP) is 2.51. The number of aryl methyl sites for hydroxylation is 1. The molecule has 0 saturated heterocycles. The van der Waals surface area contributed by atoms with Gasteiger partial charge in [0.15, 0.2) is 5.96 Å². The highest BCUT2D eigenvalue weighted by Gasteiger charge is 2.10. The molecule has 4 nitrogen and oxygen atoms in total. The van der Waals surface area contributed by atoms with Crippen molar-refractivity contribution in [1.82, 2.24) is 14.8 Å². The van der Waals surface area contributed by atoms with Crippen molar-refractivity contribution in [2.75, 3.05) is 14.1 Å². The van der Waals surface area contributed by atoms with Crippen LogP contribution in [0.15, 0.2) is 41.5 Å². The molecule has 2 aromatic rings. The molecule has 1 N–H and O–H groups in total. The van der Waals surface area contributed by atoms with Crippen molar-refractivity contribution in [2.24, 2.45) is 12.0 Å². The first-order valence-corrected chi connectivity index (χ1v) is 6.97. The van der Waals surface area contributed by atoms with E-state index < -0.39 is 11.6 Å². The predicted molar refractivity (Wildman–Crippen MR) is 83.4 cm³/mol. The molecule has 0 radical (unpaired) electrons. The van der Waals surface area contributed by atoms with Crippen LogP contribution in [0.3, 0.4) is 0 Å². The zero-order chi connectivity index (χ0) is 16.1. The van der Waals surface area contributed by atoms with Crippen LogP contribution in [0.5, 0.6) is 0 Å². The van der Waals surface area contributed by atoms with Gasteiger partial charge in [-0.15, -0.1) is 0 Å². The third-order valence-electron chi connectivity index (χ3n) is 3.48. The summed E-state index contributed by atoms with van der Waals surface area (Å²) in [6.45, 7) is 0.922. The van der Waals surface area contributed by atoms with Gasteiger partial charge in [-0.2, -0.15) is 0 Å². The van der Waals surface area contributed by atoms with Gasteiger partial charge < -0.3 is 14.8 Å². The quantitative estimate of drug-likeness (QED) is 0.695. The summed E-state index contributed by atoms with van der Waals surface area (Å²) in [5, 5.41) is 3.08. The number of hydrogen-bond donors (Lipinski definition) is 1. The number of nitrogens with zero attached hydrogens (tertiary/aromatic N) is 3. The fourth-order valence-corrected chi connectivity index (χ4v) is 2.20. The molecule has 1 aromatic heterocycles. The molecule has 1 heterocycles. The Morgan fingerprint density at radius 2 is 2.09 bits per heavy atom. The normalized spacial score (nSPS) is 11.6. The Morgan fingerprint density at radius 3 is 2.68 bits per heavy atom. The average Bonchev–Trinajstić information content (AvgIpc) is 2.87.